The number of hydrogen-bond acceptors (Lipinski definition) is 2. The Labute approximate surface area is 182 Å². The van der Waals surface area contributed by atoms with Crippen LogP contribution in [0.5, 0.6) is 0 Å². The third kappa shape index (κ3) is 4.51. The number of halogens is 14. The first kappa shape index (κ1) is 30.4. The van der Waals surface area contributed by atoms with Crippen molar-refractivity contribution in [3.63, 3.8) is 0 Å². The lowest BCUT2D eigenvalue weighted by atomic mass is 9.75. The number of rotatable bonds is 7. The first-order valence-electron chi connectivity index (χ1n) is 8.84. The van der Waals surface area contributed by atoms with Crippen molar-refractivity contribution in [3.8, 4) is 0 Å². The lowest BCUT2D eigenvalue weighted by molar-refractivity contribution is -0.350. The molecule has 0 aromatic heterocycles. The van der Waals surface area contributed by atoms with E-state index in [1.165, 1.54) is 6.92 Å². The summed E-state index contributed by atoms with van der Waals surface area (Å²) in [4.78, 5) is 0. The number of nitrogens with zero attached hydrogens (tertiary/aromatic N) is 1. The molecule has 1 rings (SSSR count). The monoisotopic (exact) mass is 550 g/mol. The number of alkyl halides is 14. The third-order valence-electron chi connectivity index (χ3n) is 4.94. The van der Waals surface area contributed by atoms with Crippen molar-refractivity contribution in [3.05, 3.63) is 28.5 Å². The van der Waals surface area contributed by atoms with E-state index in [0.717, 1.165) is 0 Å². The highest BCUT2D eigenvalue weighted by Crippen LogP contribution is 2.62. The van der Waals surface area contributed by atoms with E-state index in [1.807, 2.05) is 0 Å². The zero-order valence-electron chi connectivity index (χ0n) is 16.5. The SMILES string of the molecule is CCCC[N-]S(=O)(=O)C1(C(F)(C(F)(F)F)C(F)(F)F)C=CC=C(C(F)(C(F)(F)F)C(F)(F)F)C1. The minimum Gasteiger partial charge on any atom is -0.548 e. The zero-order chi connectivity index (χ0) is 27.2. The molecular weight excluding hydrogens is 536 g/mol. The van der Waals surface area contributed by atoms with E-state index in [0.29, 0.717) is 0 Å². The molecule has 0 aromatic rings. The second kappa shape index (κ2) is 8.81. The Kier molecular flexibility index (Phi) is 7.89. The van der Waals surface area contributed by atoms with Crippen LogP contribution in [-0.2, 0) is 10.0 Å². The molecule has 1 aliphatic carbocycles. The van der Waals surface area contributed by atoms with Gasteiger partial charge < -0.3 is 4.72 Å². The Balaban J connectivity index is 4.06. The van der Waals surface area contributed by atoms with Gasteiger partial charge in [-0.1, -0.05) is 38.0 Å². The van der Waals surface area contributed by atoms with Crippen molar-refractivity contribution in [2.24, 2.45) is 0 Å². The number of hydrogen-bond donors (Lipinski definition) is 0. The first-order chi connectivity index (χ1) is 14.9. The van der Waals surface area contributed by atoms with Gasteiger partial charge in [0.2, 0.25) is 0 Å². The highest BCUT2D eigenvalue weighted by Gasteiger charge is 2.84. The zero-order valence-corrected chi connectivity index (χ0v) is 17.3. The summed E-state index contributed by atoms with van der Waals surface area (Å²) in [5.74, 6) is 0. The van der Waals surface area contributed by atoms with Crippen molar-refractivity contribution in [2.75, 3.05) is 6.54 Å². The molecule has 0 N–H and O–H groups in total. The van der Waals surface area contributed by atoms with Crippen molar-refractivity contribution >= 4 is 10.0 Å². The molecule has 0 saturated carbocycles. The van der Waals surface area contributed by atoms with Gasteiger partial charge in [-0.05, 0) is 12.0 Å². The quantitative estimate of drug-likeness (QED) is 0.259. The normalized spacial score (nSPS) is 21.6. The van der Waals surface area contributed by atoms with E-state index in [1.54, 1.807) is 0 Å². The van der Waals surface area contributed by atoms with Gasteiger partial charge in [-0.15, -0.1) is 6.54 Å². The largest absolute Gasteiger partial charge is 0.548 e. The van der Waals surface area contributed by atoms with Gasteiger partial charge in [-0.3, -0.25) is 0 Å². The summed E-state index contributed by atoms with van der Waals surface area (Å²) in [7, 11) is -6.54. The van der Waals surface area contributed by atoms with Crippen molar-refractivity contribution in [2.45, 2.75) is 67.0 Å². The summed E-state index contributed by atoms with van der Waals surface area (Å²) < 4.78 is 211. The van der Waals surface area contributed by atoms with Crippen LogP contribution in [0.1, 0.15) is 26.2 Å². The van der Waals surface area contributed by atoms with E-state index >= 15 is 4.39 Å². The first-order valence-corrected chi connectivity index (χ1v) is 10.3. The molecule has 18 heteroatoms. The minimum atomic E-state index is -7.26. The van der Waals surface area contributed by atoms with E-state index in [2.05, 4.69) is 4.72 Å². The molecule has 34 heavy (non-hydrogen) atoms. The second-order valence-corrected chi connectivity index (χ2v) is 9.04. The summed E-state index contributed by atoms with van der Waals surface area (Å²) >= 11 is 0. The van der Waals surface area contributed by atoms with Crippen LogP contribution in [0.3, 0.4) is 0 Å². The molecule has 200 valence electrons. The lowest BCUT2D eigenvalue weighted by Crippen LogP contribution is -2.71. The van der Waals surface area contributed by atoms with Crippen molar-refractivity contribution in [1.82, 2.24) is 0 Å². The maximum atomic E-state index is 15.1. The van der Waals surface area contributed by atoms with Gasteiger partial charge in [0.05, 0.1) is 10.0 Å². The summed E-state index contributed by atoms with van der Waals surface area (Å²) in [6.07, 6.45) is -33.8. The fourth-order valence-electron chi connectivity index (χ4n) is 3.17. The number of allylic oxidation sites excluding steroid dienone is 3. The average Bonchev–Trinajstić information content (AvgIpc) is 2.62. The van der Waals surface area contributed by atoms with Gasteiger partial charge in [0, 0.05) is 0 Å². The summed E-state index contributed by atoms with van der Waals surface area (Å²) in [5, 5.41) is 0. The second-order valence-electron chi connectivity index (χ2n) is 7.11. The number of unbranched alkanes of at least 4 members (excludes halogenated alkanes) is 1. The van der Waals surface area contributed by atoms with Gasteiger partial charge in [0.1, 0.15) is 4.75 Å². The Bertz CT molecular complexity index is 882. The molecule has 0 aromatic carbocycles. The molecule has 0 fully saturated rings. The van der Waals surface area contributed by atoms with Crippen LogP contribution in [0, 0.1) is 0 Å². The van der Waals surface area contributed by atoms with Crippen LogP contribution in [-0.4, -0.2) is 55.8 Å². The van der Waals surface area contributed by atoms with Crippen LogP contribution in [0.25, 0.3) is 4.72 Å². The highest BCUT2D eigenvalue weighted by atomic mass is 32.2. The summed E-state index contributed by atoms with van der Waals surface area (Å²) in [5.41, 5.74) is -16.6. The molecule has 0 aliphatic heterocycles. The average molecular weight is 550 g/mol. The summed E-state index contributed by atoms with van der Waals surface area (Å²) in [6, 6.07) is 0. The predicted molar refractivity (Wildman–Crippen MR) is 88.5 cm³/mol. The Morgan fingerprint density at radius 3 is 1.62 bits per heavy atom. The predicted octanol–water partition coefficient (Wildman–Crippen LogP) is 6.78. The van der Waals surface area contributed by atoms with Crippen LogP contribution in [0.15, 0.2) is 23.8 Å². The van der Waals surface area contributed by atoms with Crippen molar-refractivity contribution < 1.29 is 69.9 Å². The molecule has 0 saturated heterocycles. The molecule has 0 spiro atoms. The molecule has 0 heterocycles. The maximum absolute atomic E-state index is 15.1. The van der Waals surface area contributed by atoms with Crippen LogP contribution < -0.4 is 0 Å². The Morgan fingerprint density at radius 2 is 1.26 bits per heavy atom. The van der Waals surface area contributed by atoms with Gasteiger partial charge in [0.15, 0.2) is 0 Å². The van der Waals surface area contributed by atoms with Crippen LogP contribution in [0.4, 0.5) is 61.5 Å². The van der Waals surface area contributed by atoms with Crippen molar-refractivity contribution in [1.29, 1.82) is 0 Å². The van der Waals surface area contributed by atoms with E-state index in [4.69, 9.17) is 0 Å². The minimum absolute atomic E-state index is 0.0298. The van der Waals surface area contributed by atoms with Gasteiger partial charge in [-0.25, -0.2) is 17.2 Å². The molecule has 1 unspecified atom stereocenters. The highest BCUT2D eigenvalue weighted by molar-refractivity contribution is 7.95. The third-order valence-corrected chi connectivity index (χ3v) is 6.94. The van der Waals surface area contributed by atoms with Crippen LogP contribution >= 0.6 is 0 Å². The molecule has 0 amide bonds. The molecule has 3 nitrogen and oxygen atoms in total. The van der Waals surface area contributed by atoms with E-state index in [9.17, 15) is 65.5 Å². The number of sulfonamides is 1. The summed E-state index contributed by atoms with van der Waals surface area (Å²) in [6.45, 7) is 0.257. The fraction of sp³-hybridized carbons (Fsp3) is 0.750. The van der Waals surface area contributed by atoms with Gasteiger partial charge in [-0.2, -0.15) is 52.7 Å². The van der Waals surface area contributed by atoms with Crippen LogP contribution in [0.2, 0.25) is 0 Å². The Morgan fingerprint density at radius 1 is 0.824 bits per heavy atom. The van der Waals surface area contributed by atoms with E-state index < -0.39 is 87.6 Å². The molecule has 1 aliphatic rings. The van der Waals surface area contributed by atoms with Gasteiger partial charge in [0.25, 0.3) is 0 Å². The fourth-order valence-corrected chi connectivity index (χ4v) is 4.95. The topological polar surface area (TPSA) is 48.2 Å². The smallest absolute Gasteiger partial charge is 0.435 e. The molecule has 1 atom stereocenters. The van der Waals surface area contributed by atoms with Gasteiger partial charge >= 0.3 is 36.0 Å². The lowest BCUT2D eigenvalue weighted by Gasteiger charge is -2.50. The standard InChI is InChI=1S/C16H14F14NO2S/c1-2-3-7-31-34(32,33)10(12(18,15(25,26)27)16(28,29)30)6-4-5-9(8-10)11(17,13(19,20)21)14(22,23)24/h4-6H,2-3,7-8H2,1H3/q-1. The molecule has 0 bridgehead atoms. The molecule has 0 radical (unpaired) electrons. The Hall–Kier alpha value is -1.59. The maximum Gasteiger partial charge on any atom is 0.435 e. The molecular formula is C16H14F14NO2S-. The van der Waals surface area contributed by atoms with E-state index in [-0.39, 0.29) is 12.8 Å².